The molecule has 92 valence electrons. The number of carboxylic acid groups (broad SMARTS) is 1. The van der Waals surface area contributed by atoms with Crippen LogP contribution in [0.4, 0.5) is 5.69 Å². The zero-order valence-electron chi connectivity index (χ0n) is 9.47. The van der Waals surface area contributed by atoms with Gasteiger partial charge in [-0.1, -0.05) is 6.07 Å². The molecule has 0 unspecified atom stereocenters. The molecule has 1 aromatic rings. The quantitative estimate of drug-likeness (QED) is 0.798. The summed E-state index contributed by atoms with van der Waals surface area (Å²) in [7, 11) is -3.33. The SMILES string of the molecule is Cc1ccc(NS(C)(=O)=O)cc1C=CC(=O)O. The van der Waals surface area contributed by atoms with E-state index in [0.29, 0.717) is 11.3 Å². The van der Waals surface area contributed by atoms with Crippen molar-refractivity contribution in [3.8, 4) is 0 Å². The first-order chi connectivity index (χ1) is 7.78. The minimum atomic E-state index is -3.33. The summed E-state index contributed by atoms with van der Waals surface area (Å²) in [6.07, 6.45) is 3.48. The molecule has 2 N–H and O–H groups in total. The second-order valence-electron chi connectivity index (χ2n) is 3.62. The minimum Gasteiger partial charge on any atom is -0.478 e. The zero-order valence-corrected chi connectivity index (χ0v) is 10.3. The number of aryl methyl sites for hydroxylation is 1. The van der Waals surface area contributed by atoms with Crippen LogP contribution in [0, 0.1) is 6.92 Å². The van der Waals surface area contributed by atoms with Crippen molar-refractivity contribution in [2.45, 2.75) is 6.92 Å². The lowest BCUT2D eigenvalue weighted by molar-refractivity contribution is -0.131. The number of aliphatic carboxylic acids is 1. The Morgan fingerprint density at radius 3 is 2.59 bits per heavy atom. The van der Waals surface area contributed by atoms with Crippen LogP contribution in [-0.2, 0) is 14.8 Å². The second-order valence-corrected chi connectivity index (χ2v) is 5.37. The molecule has 0 fully saturated rings. The molecule has 0 aliphatic heterocycles. The molecule has 1 aromatic carbocycles. The monoisotopic (exact) mass is 255 g/mol. The first-order valence-electron chi connectivity index (χ1n) is 4.77. The molecule has 0 aliphatic rings. The maximum absolute atomic E-state index is 11.0. The third-order valence-corrected chi connectivity index (χ3v) is 2.59. The van der Waals surface area contributed by atoms with Crippen LogP contribution in [-0.4, -0.2) is 25.7 Å². The first-order valence-corrected chi connectivity index (χ1v) is 6.66. The van der Waals surface area contributed by atoms with Gasteiger partial charge in [-0.05, 0) is 36.3 Å². The molecule has 17 heavy (non-hydrogen) atoms. The average molecular weight is 255 g/mol. The third kappa shape index (κ3) is 4.69. The molecule has 0 saturated heterocycles. The lowest BCUT2D eigenvalue weighted by atomic mass is 10.1. The normalized spacial score (nSPS) is 11.6. The number of rotatable bonds is 4. The van der Waals surface area contributed by atoms with Gasteiger partial charge < -0.3 is 5.11 Å². The standard InChI is InChI=1S/C11H13NO4S/c1-8-3-5-10(12-17(2,15)16)7-9(8)4-6-11(13)14/h3-7,12H,1-2H3,(H,13,14). The van der Waals surface area contributed by atoms with E-state index in [-0.39, 0.29) is 0 Å². The van der Waals surface area contributed by atoms with Crippen LogP contribution in [0.3, 0.4) is 0 Å². The Labute approximate surface area is 99.8 Å². The number of benzene rings is 1. The predicted octanol–water partition coefficient (Wildman–Crippen LogP) is 1.46. The summed E-state index contributed by atoms with van der Waals surface area (Å²) in [6, 6.07) is 4.92. The van der Waals surface area contributed by atoms with Gasteiger partial charge in [0.05, 0.1) is 6.26 Å². The van der Waals surface area contributed by atoms with Crippen LogP contribution < -0.4 is 4.72 Å². The molecule has 0 aliphatic carbocycles. The van der Waals surface area contributed by atoms with Gasteiger partial charge in [0, 0.05) is 11.8 Å². The van der Waals surface area contributed by atoms with E-state index in [1.807, 2.05) is 6.92 Å². The Morgan fingerprint density at radius 1 is 1.41 bits per heavy atom. The van der Waals surface area contributed by atoms with Crippen molar-refractivity contribution in [3.63, 3.8) is 0 Å². The van der Waals surface area contributed by atoms with E-state index in [0.717, 1.165) is 17.9 Å². The fraction of sp³-hybridized carbons (Fsp3) is 0.182. The van der Waals surface area contributed by atoms with Crippen molar-refractivity contribution >= 4 is 27.8 Å². The van der Waals surface area contributed by atoms with Crippen molar-refractivity contribution in [2.24, 2.45) is 0 Å². The Hall–Kier alpha value is -1.82. The fourth-order valence-corrected chi connectivity index (χ4v) is 1.81. The largest absolute Gasteiger partial charge is 0.478 e. The minimum absolute atomic E-state index is 0.406. The molecule has 0 spiro atoms. The topological polar surface area (TPSA) is 83.5 Å². The van der Waals surface area contributed by atoms with Crippen molar-refractivity contribution in [1.82, 2.24) is 0 Å². The highest BCUT2D eigenvalue weighted by Crippen LogP contribution is 2.17. The lowest BCUT2D eigenvalue weighted by Gasteiger charge is -2.06. The molecule has 0 amide bonds. The van der Waals surface area contributed by atoms with Gasteiger partial charge in [0.25, 0.3) is 0 Å². The van der Waals surface area contributed by atoms with Gasteiger partial charge in [0.1, 0.15) is 0 Å². The smallest absolute Gasteiger partial charge is 0.328 e. The van der Waals surface area contributed by atoms with Gasteiger partial charge in [0.2, 0.25) is 10.0 Å². The number of hydrogen-bond donors (Lipinski definition) is 2. The van der Waals surface area contributed by atoms with Gasteiger partial charge in [-0.2, -0.15) is 0 Å². The molecule has 1 rings (SSSR count). The molecule has 0 saturated carbocycles. The number of hydrogen-bond acceptors (Lipinski definition) is 3. The molecule has 5 nitrogen and oxygen atoms in total. The summed E-state index contributed by atoms with van der Waals surface area (Å²) in [6.45, 7) is 1.81. The maximum atomic E-state index is 11.0. The predicted molar refractivity (Wildman–Crippen MR) is 66.3 cm³/mol. The number of nitrogens with one attached hydrogen (secondary N) is 1. The Morgan fingerprint density at radius 2 is 2.06 bits per heavy atom. The number of sulfonamides is 1. The average Bonchev–Trinajstić information content (AvgIpc) is 2.16. The van der Waals surface area contributed by atoms with Crippen LogP contribution in [0.1, 0.15) is 11.1 Å². The Kier molecular flexibility index (Phi) is 3.90. The number of carboxylic acids is 1. The van der Waals surface area contributed by atoms with E-state index >= 15 is 0 Å². The second kappa shape index (κ2) is 5.01. The molecular weight excluding hydrogens is 242 g/mol. The summed E-state index contributed by atoms with van der Waals surface area (Å²) in [4.78, 5) is 10.4. The summed E-state index contributed by atoms with van der Waals surface area (Å²) in [5.74, 6) is -1.05. The highest BCUT2D eigenvalue weighted by atomic mass is 32.2. The van der Waals surface area contributed by atoms with E-state index in [2.05, 4.69) is 4.72 Å². The van der Waals surface area contributed by atoms with Gasteiger partial charge in [-0.25, -0.2) is 13.2 Å². The zero-order chi connectivity index (χ0) is 13.1. The van der Waals surface area contributed by atoms with Crippen LogP contribution in [0.2, 0.25) is 0 Å². The summed E-state index contributed by atoms with van der Waals surface area (Å²) >= 11 is 0. The Bertz CT molecular complexity index is 561. The van der Waals surface area contributed by atoms with Crippen LogP contribution in [0.5, 0.6) is 0 Å². The summed E-state index contributed by atoms with van der Waals surface area (Å²) in [5.41, 5.74) is 1.92. The van der Waals surface area contributed by atoms with Gasteiger partial charge in [-0.15, -0.1) is 0 Å². The van der Waals surface area contributed by atoms with E-state index in [4.69, 9.17) is 5.11 Å². The van der Waals surface area contributed by atoms with Gasteiger partial charge >= 0.3 is 5.97 Å². The van der Waals surface area contributed by atoms with Crippen molar-refractivity contribution in [2.75, 3.05) is 11.0 Å². The van der Waals surface area contributed by atoms with Crippen LogP contribution >= 0.6 is 0 Å². The summed E-state index contributed by atoms with van der Waals surface area (Å²) in [5, 5.41) is 8.52. The molecule has 0 bridgehead atoms. The first kappa shape index (κ1) is 13.2. The molecule has 0 aromatic heterocycles. The molecule has 6 heteroatoms. The van der Waals surface area contributed by atoms with E-state index in [1.165, 1.54) is 6.08 Å². The molecule has 0 radical (unpaired) electrons. The lowest BCUT2D eigenvalue weighted by Crippen LogP contribution is -2.09. The summed E-state index contributed by atoms with van der Waals surface area (Å²) < 4.78 is 24.4. The third-order valence-electron chi connectivity index (χ3n) is 1.99. The van der Waals surface area contributed by atoms with E-state index in [9.17, 15) is 13.2 Å². The van der Waals surface area contributed by atoms with Crippen molar-refractivity contribution in [1.29, 1.82) is 0 Å². The number of carbonyl (C=O) groups is 1. The fourth-order valence-electron chi connectivity index (χ4n) is 1.26. The molecule has 0 atom stereocenters. The van der Waals surface area contributed by atoms with E-state index < -0.39 is 16.0 Å². The van der Waals surface area contributed by atoms with Crippen LogP contribution in [0.15, 0.2) is 24.3 Å². The number of anilines is 1. The van der Waals surface area contributed by atoms with Gasteiger partial charge in [0.15, 0.2) is 0 Å². The van der Waals surface area contributed by atoms with E-state index in [1.54, 1.807) is 18.2 Å². The highest BCUT2D eigenvalue weighted by molar-refractivity contribution is 7.92. The van der Waals surface area contributed by atoms with Crippen molar-refractivity contribution < 1.29 is 18.3 Å². The molecular formula is C11H13NO4S. The van der Waals surface area contributed by atoms with Gasteiger partial charge in [-0.3, -0.25) is 4.72 Å². The van der Waals surface area contributed by atoms with Crippen LogP contribution in [0.25, 0.3) is 6.08 Å². The molecule has 0 heterocycles. The highest BCUT2D eigenvalue weighted by Gasteiger charge is 2.03. The Balaban J connectivity index is 3.06. The maximum Gasteiger partial charge on any atom is 0.328 e. The van der Waals surface area contributed by atoms with Crippen molar-refractivity contribution in [3.05, 3.63) is 35.4 Å².